The fourth-order valence-electron chi connectivity index (χ4n) is 4.60. The summed E-state index contributed by atoms with van der Waals surface area (Å²) >= 11 is 0. The molecule has 3 N–H and O–H groups in total. The Hall–Kier alpha value is -1.54. The molecule has 0 heterocycles. The minimum Gasteiger partial charge on any atom is -0.387 e. The van der Waals surface area contributed by atoms with Crippen LogP contribution in [-0.2, 0) is 18.4 Å². The van der Waals surface area contributed by atoms with Crippen LogP contribution in [0.1, 0.15) is 129 Å². The smallest absolute Gasteiger partial charge is 0.387 e. The van der Waals surface area contributed by atoms with Crippen molar-refractivity contribution in [2.75, 3.05) is 40.9 Å². The molecule has 46 heavy (non-hydrogen) atoms. The normalized spacial score (nSPS) is 15.4. The largest absolute Gasteiger partial charge is 0.472 e. The number of nitrogens with zero attached hydrogens (tertiary/aromatic N) is 1. The van der Waals surface area contributed by atoms with Crippen molar-refractivity contribution in [3.8, 4) is 0 Å². The number of carbonyl (C=O) groups excluding carboxylic acids is 1. The predicted molar refractivity (Wildman–Crippen MR) is 194 cm³/mol. The topological polar surface area (TPSA) is 105 Å². The van der Waals surface area contributed by atoms with Crippen LogP contribution < -0.4 is 5.32 Å². The van der Waals surface area contributed by atoms with Gasteiger partial charge in [-0.3, -0.25) is 13.8 Å². The van der Waals surface area contributed by atoms with E-state index in [4.69, 9.17) is 9.05 Å². The Kier molecular flexibility index (Phi) is 28.6. The molecule has 0 aliphatic carbocycles. The Morgan fingerprint density at radius 3 is 1.85 bits per heavy atom. The number of allylic oxidation sites excluding steroid dienone is 7. The quantitative estimate of drug-likeness (QED) is 0.0295. The zero-order valence-corrected chi connectivity index (χ0v) is 30.9. The van der Waals surface area contributed by atoms with Gasteiger partial charge in [0.1, 0.15) is 13.2 Å². The summed E-state index contributed by atoms with van der Waals surface area (Å²) in [5, 5.41) is 13.6. The van der Waals surface area contributed by atoms with E-state index >= 15 is 0 Å². The van der Waals surface area contributed by atoms with E-state index in [0.717, 1.165) is 64.2 Å². The van der Waals surface area contributed by atoms with Gasteiger partial charge in [0.05, 0.1) is 39.9 Å². The molecule has 3 unspecified atom stereocenters. The molecule has 0 aliphatic heterocycles. The monoisotopic (exact) mass is 669 g/mol. The lowest BCUT2D eigenvalue weighted by Gasteiger charge is -2.25. The fraction of sp³-hybridized carbons (Fsp3) is 0.757. The molecule has 0 rings (SSSR count). The molecule has 0 radical (unpaired) electrons. The fourth-order valence-corrected chi connectivity index (χ4v) is 5.34. The number of nitrogens with one attached hydrogen (secondary N) is 1. The number of phosphoric acid groups is 1. The predicted octanol–water partition coefficient (Wildman–Crippen LogP) is 8.96. The maximum absolute atomic E-state index is 12.7. The van der Waals surface area contributed by atoms with Crippen molar-refractivity contribution in [2.45, 2.75) is 142 Å². The first kappa shape index (κ1) is 44.5. The number of aliphatic hydroxyl groups is 1. The molecule has 0 saturated carbocycles. The number of unbranched alkanes of at least 4 members (excludes halogenated alkanes) is 12. The number of aliphatic hydroxyl groups excluding tert-OH is 1. The van der Waals surface area contributed by atoms with Crippen LogP contribution in [0.2, 0.25) is 0 Å². The van der Waals surface area contributed by atoms with E-state index in [1.165, 1.54) is 44.9 Å². The van der Waals surface area contributed by atoms with Gasteiger partial charge in [-0.1, -0.05) is 107 Å². The lowest BCUT2D eigenvalue weighted by molar-refractivity contribution is -0.870. The van der Waals surface area contributed by atoms with E-state index in [1.807, 2.05) is 27.2 Å². The number of hydrogen-bond acceptors (Lipinski definition) is 5. The molecule has 0 spiro atoms. The van der Waals surface area contributed by atoms with Crippen molar-refractivity contribution < 1.29 is 32.9 Å². The van der Waals surface area contributed by atoms with E-state index in [-0.39, 0.29) is 19.1 Å². The number of carbonyl (C=O) groups is 1. The molecule has 0 fully saturated rings. The Balaban J connectivity index is 4.62. The number of phosphoric ester groups is 1. The van der Waals surface area contributed by atoms with E-state index in [0.29, 0.717) is 17.4 Å². The van der Waals surface area contributed by atoms with Gasteiger partial charge in [0.25, 0.3) is 0 Å². The van der Waals surface area contributed by atoms with Crippen LogP contribution in [0.5, 0.6) is 0 Å². The number of rotatable bonds is 31. The Morgan fingerprint density at radius 1 is 0.739 bits per heavy atom. The van der Waals surface area contributed by atoms with Crippen molar-refractivity contribution in [2.24, 2.45) is 0 Å². The van der Waals surface area contributed by atoms with Crippen LogP contribution in [0.15, 0.2) is 48.6 Å². The third-order valence-corrected chi connectivity index (χ3v) is 8.49. The summed E-state index contributed by atoms with van der Waals surface area (Å²) in [7, 11) is 1.53. The van der Waals surface area contributed by atoms with E-state index in [2.05, 4.69) is 55.6 Å². The SMILES string of the molecule is CC/C=C/CC/C=C/CC/C=C/C(O)C(COP(=O)(O)OCC[N+](C)(C)C)NC(=O)CCCCCCC/C=C\CCCCCCC. The second kappa shape index (κ2) is 29.6. The molecule has 1 amide bonds. The number of quaternary nitrogens is 1. The molecule has 0 saturated heterocycles. The average Bonchev–Trinajstić information content (AvgIpc) is 2.99. The third-order valence-electron chi connectivity index (χ3n) is 7.51. The zero-order valence-electron chi connectivity index (χ0n) is 30.0. The van der Waals surface area contributed by atoms with Gasteiger partial charge in [-0.2, -0.15) is 0 Å². The molecule has 3 atom stereocenters. The standard InChI is InChI=1S/C37H69N2O6P/c1-6-8-10-12-14-16-18-19-20-21-23-25-27-29-31-37(41)38-35(34-45-46(42,43)44-33-32-39(3,4)5)36(40)30-28-26-24-22-17-15-13-11-9-7-2/h9,11,17-19,22,28,30,35-36,40H,6-8,10,12-16,20-21,23-27,29,31-34H2,1-5H3,(H-,38,41,42,43)/p+1/b11-9+,19-18-,22-17+,30-28+. The summed E-state index contributed by atoms with van der Waals surface area (Å²) in [6.45, 7) is 4.60. The molecule has 0 aromatic heterocycles. The highest BCUT2D eigenvalue weighted by molar-refractivity contribution is 7.47. The number of likely N-dealkylation sites (N-methyl/N-ethyl adjacent to an activating group) is 1. The molecular formula is C37H70N2O6P+. The highest BCUT2D eigenvalue weighted by Crippen LogP contribution is 2.43. The molecule has 9 heteroatoms. The average molecular weight is 670 g/mol. The van der Waals surface area contributed by atoms with Gasteiger partial charge in [-0.05, 0) is 64.2 Å². The first-order valence-corrected chi connectivity index (χ1v) is 19.5. The Bertz CT molecular complexity index is 897. The maximum atomic E-state index is 12.7. The van der Waals surface area contributed by atoms with Gasteiger partial charge in [0, 0.05) is 6.42 Å². The number of hydrogen-bond donors (Lipinski definition) is 3. The second-order valence-corrected chi connectivity index (χ2v) is 14.6. The molecular weight excluding hydrogens is 599 g/mol. The highest BCUT2D eigenvalue weighted by Gasteiger charge is 2.27. The van der Waals surface area contributed by atoms with Gasteiger partial charge in [0.2, 0.25) is 5.91 Å². The molecule has 268 valence electrons. The molecule has 0 aromatic carbocycles. The minimum atomic E-state index is -4.34. The van der Waals surface area contributed by atoms with Gasteiger partial charge in [0.15, 0.2) is 0 Å². The molecule has 0 aliphatic rings. The Labute approximate surface area is 282 Å². The van der Waals surface area contributed by atoms with Crippen LogP contribution in [0.4, 0.5) is 0 Å². The first-order chi connectivity index (χ1) is 22.0. The zero-order chi connectivity index (χ0) is 34.4. The molecule has 0 bridgehead atoms. The maximum Gasteiger partial charge on any atom is 0.472 e. The lowest BCUT2D eigenvalue weighted by atomic mass is 10.1. The first-order valence-electron chi connectivity index (χ1n) is 18.0. The van der Waals surface area contributed by atoms with Crippen molar-refractivity contribution >= 4 is 13.7 Å². The van der Waals surface area contributed by atoms with Crippen LogP contribution in [0.3, 0.4) is 0 Å². The Morgan fingerprint density at radius 2 is 1.26 bits per heavy atom. The van der Waals surface area contributed by atoms with Crippen LogP contribution in [-0.4, -0.2) is 73.4 Å². The molecule has 0 aromatic rings. The van der Waals surface area contributed by atoms with Gasteiger partial charge in [-0.15, -0.1) is 0 Å². The second-order valence-electron chi connectivity index (χ2n) is 13.2. The lowest BCUT2D eigenvalue weighted by Crippen LogP contribution is -2.45. The van der Waals surface area contributed by atoms with Crippen LogP contribution >= 0.6 is 7.82 Å². The highest BCUT2D eigenvalue weighted by atomic mass is 31.2. The van der Waals surface area contributed by atoms with E-state index in [9.17, 15) is 19.4 Å². The summed E-state index contributed by atoms with van der Waals surface area (Å²) in [6.07, 6.45) is 34.7. The summed E-state index contributed by atoms with van der Waals surface area (Å²) in [4.78, 5) is 22.9. The molecule has 8 nitrogen and oxygen atoms in total. The van der Waals surface area contributed by atoms with Crippen molar-refractivity contribution in [1.82, 2.24) is 5.32 Å². The van der Waals surface area contributed by atoms with Crippen molar-refractivity contribution in [1.29, 1.82) is 0 Å². The summed E-state index contributed by atoms with van der Waals surface area (Å²) in [5.41, 5.74) is 0. The number of amides is 1. The van der Waals surface area contributed by atoms with Gasteiger partial charge >= 0.3 is 7.82 Å². The van der Waals surface area contributed by atoms with E-state index < -0.39 is 20.0 Å². The van der Waals surface area contributed by atoms with E-state index in [1.54, 1.807) is 6.08 Å². The van der Waals surface area contributed by atoms with Crippen molar-refractivity contribution in [3.05, 3.63) is 48.6 Å². The third kappa shape index (κ3) is 31.1. The minimum absolute atomic E-state index is 0.0502. The van der Waals surface area contributed by atoms with Crippen LogP contribution in [0.25, 0.3) is 0 Å². The van der Waals surface area contributed by atoms with Crippen molar-refractivity contribution in [3.63, 3.8) is 0 Å². The van der Waals surface area contributed by atoms with Crippen LogP contribution in [0, 0.1) is 0 Å². The summed E-state index contributed by atoms with van der Waals surface area (Å²) < 4.78 is 23.3. The van der Waals surface area contributed by atoms with Gasteiger partial charge < -0.3 is 19.8 Å². The summed E-state index contributed by atoms with van der Waals surface area (Å²) in [5.74, 6) is -0.207. The summed E-state index contributed by atoms with van der Waals surface area (Å²) in [6, 6.07) is -0.870. The van der Waals surface area contributed by atoms with Gasteiger partial charge in [-0.25, -0.2) is 4.57 Å².